The normalized spacial score (nSPS) is 11.3. The lowest BCUT2D eigenvalue weighted by molar-refractivity contribution is -0.116. The molecule has 2 heteroatoms. The summed E-state index contributed by atoms with van der Waals surface area (Å²) in [7, 11) is 0. The fourth-order valence-electron chi connectivity index (χ4n) is 1.86. The van der Waals surface area contributed by atoms with E-state index in [0.29, 0.717) is 6.42 Å². The number of carbonyl (C=O) groups excluding carboxylic acids is 1. The molecule has 1 atom stereocenters. The lowest BCUT2D eigenvalue weighted by Gasteiger charge is -2.05. The molecule has 0 amide bonds. The average Bonchev–Trinajstić information content (AvgIpc) is 2.46. The third-order valence-electron chi connectivity index (χ3n) is 2.88. The van der Waals surface area contributed by atoms with Gasteiger partial charge < -0.3 is 5.11 Å². The van der Waals surface area contributed by atoms with Gasteiger partial charge in [-0.15, -0.1) is 0 Å². The Labute approximate surface area is 119 Å². The highest BCUT2D eigenvalue weighted by molar-refractivity contribution is 5.78. The van der Waals surface area contributed by atoms with E-state index in [2.05, 4.69) is 11.8 Å². The number of aliphatic hydroxyl groups excluding tert-OH is 1. The molecule has 0 fully saturated rings. The number of hydrogen-bond donors (Lipinski definition) is 1. The summed E-state index contributed by atoms with van der Waals surface area (Å²) in [6, 6.07) is 16.9. The van der Waals surface area contributed by atoms with Crippen LogP contribution < -0.4 is 0 Å². The molecule has 0 aliphatic carbocycles. The van der Waals surface area contributed by atoms with Gasteiger partial charge in [-0.25, -0.2) is 0 Å². The van der Waals surface area contributed by atoms with E-state index < -0.39 is 6.10 Å². The highest BCUT2D eigenvalue weighted by Crippen LogP contribution is 2.13. The number of ketones is 1. The van der Waals surface area contributed by atoms with Crippen LogP contribution in [0.25, 0.3) is 0 Å². The molecule has 0 aromatic heterocycles. The van der Waals surface area contributed by atoms with Crippen molar-refractivity contribution in [2.45, 2.75) is 19.4 Å². The molecule has 1 unspecified atom stereocenters. The number of carbonyl (C=O) groups is 1. The molecule has 0 heterocycles. The van der Waals surface area contributed by atoms with Crippen LogP contribution in [-0.4, -0.2) is 10.9 Å². The zero-order valence-corrected chi connectivity index (χ0v) is 11.3. The van der Waals surface area contributed by atoms with Crippen LogP contribution in [-0.2, 0) is 11.2 Å². The van der Waals surface area contributed by atoms with E-state index in [1.165, 1.54) is 0 Å². The molecule has 0 radical (unpaired) electrons. The van der Waals surface area contributed by atoms with E-state index in [4.69, 9.17) is 0 Å². The molecule has 0 saturated heterocycles. The van der Waals surface area contributed by atoms with Gasteiger partial charge in [-0.3, -0.25) is 4.79 Å². The van der Waals surface area contributed by atoms with Crippen molar-refractivity contribution in [3.8, 4) is 11.8 Å². The van der Waals surface area contributed by atoms with E-state index in [9.17, 15) is 9.90 Å². The molecule has 100 valence electrons. The van der Waals surface area contributed by atoms with Crippen LogP contribution >= 0.6 is 0 Å². The minimum absolute atomic E-state index is 0.127. The van der Waals surface area contributed by atoms with Crippen molar-refractivity contribution in [3.05, 3.63) is 71.3 Å². The maximum atomic E-state index is 11.0. The molecule has 2 nitrogen and oxygen atoms in total. The van der Waals surface area contributed by atoms with Gasteiger partial charge in [0.25, 0.3) is 0 Å². The number of benzene rings is 2. The van der Waals surface area contributed by atoms with Gasteiger partial charge in [0.15, 0.2) is 0 Å². The predicted octanol–water partition coefficient (Wildman–Crippen LogP) is 2.90. The van der Waals surface area contributed by atoms with Gasteiger partial charge >= 0.3 is 0 Å². The first kappa shape index (κ1) is 14.0. The number of Topliss-reactive ketones (excluding diaryl/α,β-unsaturated/α-hetero) is 1. The number of aliphatic hydroxyl groups is 1. The summed E-state index contributed by atoms with van der Waals surface area (Å²) in [5.41, 5.74) is 2.56. The third kappa shape index (κ3) is 4.08. The topological polar surface area (TPSA) is 37.3 Å². The summed E-state index contributed by atoms with van der Waals surface area (Å²) >= 11 is 0. The van der Waals surface area contributed by atoms with Crippen LogP contribution in [0.2, 0.25) is 0 Å². The van der Waals surface area contributed by atoms with E-state index in [1.807, 2.05) is 54.6 Å². The first-order valence-electron chi connectivity index (χ1n) is 6.48. The van der Waals surface area contributed by atoms with Crippen molar-refractivity contribution in [2.24, 2.45) is 0 Å². The van der Waals surface area contributed by atoms with Gasteiger partial charge in [-0.1, -0.05) is 54.3 Å². The van der Waals surface area contributed by atoms with Gasteiger partial charge in [-0.2, -0.15) is 0 Å². The van der Waals surface area contributed by atoms with E-state index in [0.717, 1.165) is 16.7 Å². The maximum absolute atomic E-state index is 11.0. The fraction of sp³-hybridized carbons (Fsp3) is 0.167. The summed E-state index contributed by atoms with van der Waals surface area (Å²) in [6.07, 6.45) is -0.395. The van der Waals surface area contributed by atoms with Crippen molar-refractivity contribution in [3.63, 3.8) is 0 Å². The summed E-state index contributed by atoms with van der Waals surface area (Å²) in [6.45, 7) is 1.56. The second kappa shape index (κ2) is 6.70. The monoisotopic (exact) mass is 264 g/mol. The summed E-state index contributed by atoms with van der Waals surface area (Å²) < 4.78 is 0. The molecule has 0 aliphatic heterocycles. The molecule has 0 saturated carbocycles. The van der Waals surface area contributed by atoms with Gasteiger partial charge in [0.2, 0.25) is 0 Å². The molecule has 2 rings (SSSR count). The highest BCUT2D eigenvalue weighted by atomic mass is 16.3. The molecule has 20 heavy (non-hydrogen) atoms. The fourth-order valence-corrected chi connectivity index (χ4v) is 1.86. The molecule has 0 bridgehead atoms. The van der Waals surface area contributed by atoms with Crippen LogP contribution in [0, 0.1) is 11.8 Å². The predicted molar refractivity (Wildman–Crippen MR) is 79.1 cm³/mol. The average molecular weight is 264 g/mol. The Bertz CT molecular complexity index is 631. The lowest BCUT2D eigenvalue weighted by Crippen LogP contribution is -1.98. The summed E-state index contributed by atoms with van der Waals surface area (Å²) in [5, 5.41) is 10.0. The molecular formula is C18H16O2. The maximum Gasteiger partial charge on any atom is 0.140 e. The second-order valence-corrected chi connectivity index (χ2v) is 4.66. The van der Waals surface area contributed by atoms with Crippen molar-refractivity contribution < 1.29 is 9.90 Å². The molecule has 1 N–H and O–H groups in total. The Balaban J connectivity index is 2.08. The van der Waals surface area contributed by atoms with Crippen LogP contribution in [0.15, 0.2) is 54.6 Å². The molecular weight excluding hydrogens is 248 g/mol. The van der Waals surface area contributed by atoms with Crippen molar-refractivity contribution >= 4 is 5.78 Å². The smallest absolute Gasteiger partial charge is 0.140 e. The Kier molecular flexibility index (Phi) is 4.70. The quantitative estimate of drug-likeness (QED) is 0.865. The molecule has 0 spiro atoms. The third-order valence-corrected chi connectivity index (χ3v) is 2.88. The van der Waals surface area contributed by atoms with Gasteiger partial charge in [-0.05, 0) is 30.2 Å². The zero-order chi connectivity index (χ0) is 14.4. The van der Waals surface area contributed by atoms with E-state index in [1.54, 1.807) is 6.92 Å². The molecule has 2 aromatic carbocycles. The first-order chi connectivity index (χ1) is 9.65. The summed E-state index contributed by atoms with van der Waals surface area (Å²) in [5.74, 6) is 5.88. The Morgan fingerprint density at radius 1 is 1.10 bits per heavy atom. The van der Waals surface area contributed by atoms with E-state index >= 15 is 0 Å². The van der Waals surface area contributed by atoms with Gasteiger partial charge in [0.05, 0.1) is 0 Å². The van der Waals surface area contributed by atoms with Crippen molar-refractivity contribution in [1.82, 2.24) is 0 Å². The Morgan fingerprint density at radius 2 is 1.75 bits per heavy atom. The van der Waals surface area contributed by atoms with E-state index in [-0.39, 0.29) is 5.78 Å². The molecule has 2 aromatic rings. The minimum Gasteiger partial charge on any atom is -0.376 e. The first-order valence-corrected chi connectivity index (χ1v) is 6.48. The lowest BCUT2D eigenvalue weighted by atomic mass is 10.0. The van der Waals surface area contributed by atoms with Crippen LogP contribution in [0.3, 0.4) is 0 Å². The summed E-state index contributed by atoms with van der Waals surface area (Å²) in [4.78, 5) is 11.0. The van der Waals surface area contributed by atoms with Crippen LogP contribution in [0.4, 0.5) is 0 Å². The van der Waals surface area contributed by atoms with Crippen molar-refractivity contribution in [1.29, 1.82) is 0 Å². The van der Waals surface area contributed by atoms with Crippen LogP contribution in [0.5, 0.6) is 0 Å². The minimum atomic E-state index is -0.818. The Morgan fingerprint density at radius 3 is 2.35 bits per heavy atom. The Hall–Kier alpha value is -2.37. The zero-order valence-electron chi connectivity index (χ0n) is 11.3. The number of hydrogen-bond acceptors (Lipinski definition) is 2. The van der Waals surface area contributed by atoms with Crippen LogP contribution in [0.1, 0.15) is 29.7 Å². The largest absolute Gasteiger partial charge is 0.376 e. The standard InChI is InChI=1S/C18H16O2/c1-14(19)13-16-7-10-17(11-8-16)18(20)12-9-15-5-3-2-4-6-15/h2-8,10-11,18,20H,13H2,1H3. The second-order valence-electron chi connectivity index (χ2n) is 4.66. The highest BCUT2D eigenvalue weighted by Gasteiger charge is 2.04. The number of rotatable bonds is 3. The SMILES string of the molecule is CC(=O)Cc1ccc(C(O)C#Cc2ccccc2)cc1. The van der Waals surface area contributed by atoms with Gasteiger partial charge in [0, 0.05) is 12.0 Å². The van der Waals surface area contributed by atoms with Gasteiger partial charge in [0.1, 0.15) is 11.9 Å². The van der Waals surface area contributed by atoms with Crippen molar-refractivity contribution in [2.75, 3.05) is 0 Å². The molecule has 0 aliphatic rings.